The average Bonchev–Trinajstić information content (AvgIpc) is 2.57. The maximum Gasteiger partial charge on any atom is 0.405 e. The second-order valence-corrected chi connectivity index (χ2v) is 8.08. The van der Waals surface area contributed by atoms with E-state index in [1.807, 2.05) is 0 Å². The van der Waals surface area contributed by atoms with Crippen molar-refractivity contribution in [2.75, 3.05) is 12.9 Å². The number of hydrogen-bond acceptors (Lipinski definition) is 6. The maximum absolute atomic E-state index is 14.9. The fraction of sp³-hybridized carbons (Fsp3) is 0.294. The number of benzene rings is 1. The van der Waals surface area contributed by atoms with E-state index in [1.54, 1.807) is 6.92 Å². The van der Waals surface area contributed by atoms with E-state index in [0.29, 0.717) is 0 Å². The third-order valence-electron chi connectivity index (χ3n) is 3.65. The molecule has 1 aromatic carbocycles. The van der Waals surface area contributed by atoms with Gasteiger partial charge in [-0.25, -0.2) is 17.6 Å². The van der Waals surface area contributed by atoms with E-state index in [1.165, 1.54) is 25.3 Å². The molecule has 0 aliphatic heterocycles. The number of hydrogen-bond donors (Lipinski definition) is 1. The van der Waals surface area contributed by atoms with Gasteiger partial charge in [0.1, 0.15) is 11.9 Å². The summed E-state index contributed by atoms with van der Waals surface area (Å²) in [4.78, 5) is 14.9. The molecular formula is C17H18ClFN2O5S. The molecule has 7 nitrogen and oxygen atoms in total. The summed E-state index contributed by atoms with van der Waals surface area (Å²) in [6.45, 7) is 3.38. The van der Waals surface area contributed by atoms with Crippen molar-refractivity contribution in [3.8, 4) is 16.9 Å². The fourth-order valence-electron chi connectivity index (χ4n) is 2.48. The summed E-state index contributed by atoms with van der Waals surface area (Å²) < 4.78 is 49.0. The number of pyridine rings is 1. The Hall–Kier alpha value is -2.39. The molecule has 0 radical (unpaired) electrons. The summed E-state index contributed by atoms with van der Waals surface area (Å²) in [5.41, 5.74) is 5.39. The average molecular weight is 417 g/mol. The number of ether oxygens (including phenoxy) is 2. The van der Waals surface area contributed by atoms with Gasteiger partial charge >= 0.3 is 6.09 Å². The van der Waals surface area contributed by atoms with Crippen LogP contribution in [0.25, 0.3) is 11.1 Å². The summed E-state index contributed by atoms with van der Waals surface area (Å²) in [7, 11) is -3.57. The highest BCUT2D eigenvalue weighted by Gasteiger charge is 2.25. The molecule has 1 amide bonds. The molecular weight excluding hydrogens is 399 g/mol. The lowest BCUT2D eigenvalue weighted by Crippen LogP contribution is -2.16. The number of rotatable bonds is 6. The third kappa shape index (κ3) is 4.67. The minimum atomic E-state index is -3.57. The van der Waals surface area contributed by atoms with Crippen LogP contribution in [-0.4, -0.2) is 32.4 Å². The number of nitrogens with zero attached hydrogens (tertiary/aromatic N) is 1. The zero-order valence-electron chi connectivity index (χ0n) is 14.8. The first-order valence-electron chi connectivity index (χ1n) is 7.82. The summed E-state index contributed by atoms with van der Waals surface area (Å²) >= 11 is 6.01. The van der Waals surface area contributed by atoms with Gasteiger partial charge in [0, 0.05) is 29.8 Å². The van der Waals surface area contributed by atoms with Crippen molar-refractivity contribution < 1.29 is 27.1 Å². The van der Waals surface area contributed by atoms with Crippen LogP contribution in [-0.2, 0) is 14.6 Å². The highest BCUT2D eigenvalue weighted by atomic mass is 35.5. The summed E-state index contributed by atoms with van der Waals surface area (Å²) in [5, 5.41) is -0.256. The maximum atomic E-state index is 14.9. The number of carbonyl (C=O) groups excluding carboxylic acids is 1. The fourth-order valence-corrected chi connectivity index (χ4v) is 3.29. The predicted octanol–water partition coefficient (Wildman–Crippen LogP) is 3.50. The number of halogens is 2. The number of amides is 1. The second-order valence-electron chi connectivity index (χ2n) is 5.66. The van der Waals surface area contributed by atoms with Crippen LogP contribution >= 0.6 is 11.6 Å². The van der Waals surface area contributed by atoms with E-state index >= 15 is 0 Å². The monoisotopic (exact) mass is 416 g/mol. The standard InChI is InChI=1S/C17H18ClFN2O5S/c1-4-25-16-12(9(2)26-17(20)22)6-13(18)15(19)14(16)10-5-11(8-21-7-10)27(3,23)24/h5-9H,4H2,1-3H3,(H2,20,22). The lowest BCUT2D eigenvalue weighted by molar-refractivity contribution is 0.114. The van der Waals surface area contributed by atoms with Gasteiger partial charge in [0.25, 0.3) is 0 Å². The first-order valence-corrected chi connectivity index (χ1v) is 10.1. The van der Waals surface area contributed by atoms with Crippen LogP contribution < -0.4 is 10.5 Å². The van der Waals surface area contributed by atoms with Gasteiger partial charge in [-0.05, 0) is 26.0 Å². The molecule has 2 aromatic rings. The van der Waals surface area contributed by atoms with Crippen LogP contribution in [0.4, 0.5) is 9.18 Å². The van der Waals surface area contributed by atoms with Crippen molar-refractivity contribution >= 4 is 27.5 Å². The Morgan fingerprint density at radius 2 is 2.04 bits per heavy atom. The molecule has 0 spiro atoms. The topological polar surface area (TPSA) is 109 Å². The Morgan fingerprint density at radius 1 is 1.37 bits per heavy atom. The largest absolute Gasteiger partial charge is 0.493 e. The van der Waals surface area contributed by atoms with Crippen molar-refractivity contribution in [3.05, 3.63) is 40.9 Å². The quantitative estimate of drug-likeness (QED) is 0.771. The van der Waals surface area contributed by atoms with Crippen LogP contribution in [0.1, 0.15) is 25.5 Å². The van der Waals surface area contributed by atoms with Gasteiger partial charge in [-0.2, -0.15) is 0 Å². The summed E-state index contributed by atoms with van der Waals surface area (Å²) in [6, 6.07) is 2.54. The number of primary amides is 1. The minimum Gasteiger partial charge on any atom is -0.493 e. The zero-order chi connectivity index (χ0) is 20.4. The Bertz CT molecular complexity index is 982. The third-order valence-corrected chi connectivity index (χ3v) is 5.00. The van der Waals surface area contributed by atoms with Crippen molar-refractivity contribution in [2.45, 2.75) is 24.8 Å². The molecule has 1 unspecified atom stereocenters. The summed E-state index contributed by atoms with van der Waals surface area (Å²) in [6.07, 6.45) is 1.55. The molecule has 10 heteroatoms. The molecule has 0 saturated carbocycles. The molecule has 1 heterocycles. The van der Waals surface area contributed by atoms with Gasteiger partial charge in [0.15, 0.2) is 15.7 Å². The molecule has 2 rings (SSSR count). The SMILES string of the molecule is CCOc1c(C(C)OC(N)=O)cc(Cl)c(F)c1-c1cncc(S(C)(=O)=O)c1. The minimum absolute atomic E-state index is 0.0561. The van der Waals surface area contributed by atoms with Crippen molar-refractivity contribution in [1.82, 2.24) is 4.98 Å². The number of aromatic nitrogens is 1. The molecule has 0 aliphatic carbocycles. The van der Waals surface area contributed by atoms with Gasteiger partial charge < -0.3 is 15.2 Å². The lowest BCUT2D eigenvalue weighted by Gasteiger charge is -2.21. The highest BCUT2D eigenvalue weighted by molar-refractivity contribution is 7.90. The molecule has 2 N–H and O–H groups in total. The molecule has 1 aromatic heterocycles. The first-order chi connectivity index (χ1) is 12.6. The molecule has 27 heavy (non-hydrogen) atoms. The van der Waals surface area contributed by atoms with E-state index in [-0.39, 0.29) is 39.0 Å². The van der Waals surface area contributed by atoms with Crippen LogP contribution in [0.3, 0.4) is 0 Å². The van der Waals surface area contributed by atoms with E-state index in [0.717, 1.165) is 12.5 Å². The Morgan fingerprint density at radius 3 is 2.59 bits per heavy atom. The Labute approximate surface area is 161 Å². The zero-order valence-corrected chi connectivity index (χ0v) is 16.4. The van der Waals surface area contributed by atoms with Crippen molar-refractivity contribution in [1.29, 1.82) is 0 Å². The number of nitrogens with two attached hydrogens (primary N) is 1. The van der Waals surface area contributed by atoms with Crippen LogP contribution in [0.5, 0.6) is 5.75 Å². The highest BCUT2D eigenvalue weighted by Crippen LogP contribution is 2.42. The van der Waals surface area contributed by atoms with Gasteiger partial charge in [0.2, 0.25) is 0 Å². The molecule has 0 bridgehead atoms. The number of sulfone groups is 1. The van der Waals surface area contributed by atoms with E-state index < -0.39 is 27.9 Å². The molecule has 0 fully saturated rings. The normalized spacial score (nSPS) is 12.5. The van der Waals surface area contributed by atoms with Crippen LogP contribution in [0, 0.1) is 5.82 Å². The number of carbonyl (C=O) groups is 1. The van der Waals surface area contributed by atoms with E-state index in [9.17, 15) is 17.6 Å². The van der Waals surface area contributed by atoms with E-state index in [2.05, 4.69) is 4.98 Å². The van der Waals surface area contributed by atoms with E-state index in [4.69, 9.17) is 26.8 Å². The van der Waals surface area contributed by atoms with Gasteiger partial charge in [0.05, 0.1) is 22.1 Å². The van der Waals surface area contributed by atoms with Crippen molar-refractivity contribution in [3.63, 3.8) is 0 Å². The Balaban J connectivity index is 2.78. The molecule has 0 aliphatic rings. The predicted molar refractivity (Wildman–Crippen MR) is 98.0 cm³/mol. The van der Waals surface area contributed by atoms with Crippen LogP contribution in [0.15, 0.2) is 29.4 Å². The van der Waals surface area contributed by atoms with Crippen molar-refractivity contribution in [2.24, 2.45) is 5.73 Å². The van der Waals surface area contributed by atoms with Gasteiger partial charge in [-0.1, -0.05) is 11.6 Å². The first kappa shape index (κ1) is 20.9. The van der Waals surface area contributed by atoms with Gasteiger partial charge in [-0.15, -0.1) is 0 Å². The van der Waals surface area contributed by atoms with Gasteiger partial charge in [-0.3, -0.25) is 4.98 Å². The Kier molecular flexibility index (Phi) is 6.27. The molecule has 0 saturated heterocycles. The molecule has 1 atom stereocenters. The molecule has 146 valence electrons. The summed E-state index contributed by atoms with van der Waals surface area (Å²) in [5.74, 6) is -0.761. The second kappa shape index (κ2) is 8.10. The lowest BCUT2D eigenvalue weighted by atomic mass is 9.99. The van der Waals surface area contributed by atoms with Crippen LogP contribution in [0.2, 0.25) is 5.02 Å². The smallest absolute Gasteiger partial charge is 0.405 e.